The van der Waals surface area contributed by atoms with E-state index in [-0.39, 0.29) is 5.92 Å². The molecule has 5 rings (SSSR count). The summed E-state index contributed by atoms with van der Waals surface area (Å²) in [5, 5.41) is 2.28. The lowest BCUT2D eigenvalue weighted by atomic mass is 9.88. The molecule has 4 aromatic rings. The highest BCUT2D eigenvalue weighted by atomic mass is 16.3. The topological polar surface area (TPSA) is 38.9 Å². The molecule has 1 aliphatic carbocycles. The lowest BCUT2D eigenvalue weighted by Crippen LogP contribution is -2.08. The number of allylic oxidation sites excluding steroid dienone is 1. The van der Waals surface area contributed by atoms with E-state index in [1.165, 1.54) is 10.9 Å². The van der Waals surface area contributed by atoms with Crippen LogP contribution in [0.25, 0.3) is 27.9 Å². The summed E-state index contributed by atoms with van der Waals surface area (Å²) in [6.07, 6.45) is 5.29. The second kappa shape index (κ2) is 5.03. The molecule has 0 saturated carbocycles. The van der Waals surface area contributed by atoms with E-state index in [2.05, 4.69) is 35.3 Å². The standard InChI is InChI=1S/C21H16N2O/c1-13-22-18-11-4-2-8-16(18)20(23-13)17-10-6-9-15-14-7-3-5-12-19(14)24-21(15)17/h2-9,11-12,17H,10H2,1H3. The van der Waals surface area contributed by atoms with E-state index in [0.29, 0.717) is 0 Å². The van der Waals surface area contributed by atoms with Crippen LogP contribution in [0.2, 0.25) is 0 Å². The molecule has 24 heavy (non-hydrogen) atoms. The van der Waals surface area contributed by atoms with Gasteiger partial charge in [0, 0.05) is 16.3 Å². The molecule has 1 aliphatic rings. The van der Waals surface area contributed by atoms with Gasteiger partial charge < -0.3 is 4.42 Å². The Kier molecular flexibility index (Phi) is 2.83. The number of benzene rings is 2. The Morgan fingerprint density at radius 2 is 1.75 bits per heavy atom. The lowest BCUT2D eigenvalue weighted by molar-refractivity contribution is 0.513. The number of hydrogen-bond donors (Lipinski definition) is 0. The predicted molar refractivity (Wildman–Crippen MR) is 96.0 cm³/mol. The number of hydrogen-bond acceptors (Lipinski definition) is 3. The summed E-state index contributed by atoms with van der Waals surface area (Å²) in [4.78, 5) is 9.36. The van der Waals surface area contributed by atoms with Gasteiger partial charge in [-0.15, -0.1) is 0 Å². The highest BCUT2D eigenvalue weighted by molar-refractivity contribution is 5.90. The summed E-state index contributed by atoms with van der Waals surface area (Å²) in [5.74, 6) is 1.95. The van der Waals surface area contributed by atoms with Gasteiger partial charge in [0.1, 0.15) is 17.2 Å². The minimum atomic E-state index is 0.129. The van der Waals surface area contributed by atoms with Crippen molar-refractivity contribution in [1.29, 1.82) is 0 Å². The summed E-state index contributed by atoms with van der Waals surface area (Å²) in [6, 6.07) is 16.4. The van der Waals surface area contributed by atoms with Crippen LogP contribution < -0.4 is 0 Å². The van der Waals surface area contributed by atoms with Gasteiger partial charge in [-0.05, 0) is 25.5 Å². The van der Waals surface area contributed by atoms with Crippen LogP contribution in [-0.4, -0.2) is 9.97 Å². The summed E-state index contributed by atoms with van der Waals surface area (Å²) in [7, 11) is 0. The zero-order valence-corrected chi connectivity index (χ0v) is 13.4. The Labute approximate surface area is 139 Å². The SMILES string of the molecule is Cc1nc(C2CC=Cc3c2oc2ccccc32)c2ccccc2n1. The molecule has 0 bridgehead atoms. The van der Waals surface area contributed by atoms with Crippen LogP contribution in [0.5, 0.6) is 0 Å². The predicted octanol–water partition coefficient (Wildman–Crippen LogP) is 5.23. The van der Waals surface area contributed by atoms with E-state index in [9.17, 15) is 0 Å². The van der Waals surface area contributed by atoms with Crippen molar-refractivity contribution in [3.63, 3.8) is 0 Å². The van der Waals surface area contributed by atoms with E-state index >= 15 is 0 Å². The van der Waals surface area contributed by atoms with Crippen molar-refractivity contribution < 1.29 is 4.42 Å². The Balaban J connectivity index is 1.79. The van der Waals surface area contributed by atoms with Crippen LogP contribution in [0.3, 0.4) is 0 Å². The fourth-order valence-electron chi connectivity index (χ4n) is 3.67. The van der Waals surface area contributed by atoms with Gasteiger partial charge in [-0.25, -0.2) is 9.97 Å². The zero-order valence-electron chi connectivity index (χ0n) is 13.4. The average molecular weight is 312 g/mol. The van der Waals surface area contributed by atoms with Gasteiger partial charge in [0.25, 0.3) is 0 Å². The molecule has 2 heterocycles. The van der Waals surface area contributed by atoms with Crippen molar-refractivity contribution in [2.24, 2.45) is 0 Å². The third-order valence-corrected chi connectivity index (χ3v) is 4.71. The summed E-state index contributed by atoms with van der Waals surface area (Å²) in [5.41, 5.74) is 4.17. The van der Waals surface area contributed by atoms with Crippen LogP contribution in [0.4, 0.5) is 0 Å². The van der Waals surface area contributed by atoms with Crippen LogP contribution in [0, 0.1) is 6.92 Å². The normalized spacial score (nSPS) is 16.6. The number of aromatic nitrogens is 2. The third kappa shape index (κ3) is 1.91. The maximum atomic E-state index is 6.23. The molecule has 3 heteroatoms. The second-order valence-electron chi connectivity index (χ2n) is 6.24. The highest BCUT2D eigenvalue weighted by Crippen LogP contribution is 2.41. The molecule has 1 unspecified atom stereocenters. The molecule has 3 nitrogen and oxygen atoms in total. The van der Waals surface area contributed by atoms with Gasteiger partial charge in [-0.3, -0.25) is 0 Å². The third-order valence-electron chi connectivity index (χ3n) is 4.71. The van der Waals surface area contributed by atoms with Gasteiger partial charge in [-0.2, -0.15) is 0 Å². The van der Waals surface area contributed by atoms with Gasteiger partial charge in [0.2, 0.25) is 0 Å². The molecule has 0 aliphatic heterocycles. The molecule has 1 atom stereocenters. The molecular weight excluding hydrogens is 296 g/mol. The van der Waals surface area contributed by atoms with Crippen LogP contribution in [0.15, 0.2) is 59.0 Å². The largest absolute Gasteiger partial charge is 0.460 e. The van der Waals surface area contributed by atoms with E-state index in [0.717, 1.165) is 40.2 Å². The second-order valence-corrected chi connectivity index (χ2v) is 6.24. The lowest BCUT2D eigenvalue weighted by Gasteiger charge is -2.19. The molecule has 2 aromatic heterocycles. The van der Waals surface area contributed by atoms with Crippen molar-refractivity contribution >= 4 is 27.9 Å². The van der Waals surface area contributed by atoms with E-state index < -0.39 is 0 Å². The first-order valence-corrected chi connectivity index (χ1v) is 8.22. The average Bonchev–Trinajstić information content (AvgIpc) is 3.00. The first-order chi connectivity index (χ1) is 11.8. The van der Waals surface area contributed by atoms with Crippen LogP contribution >= 0.6 is 0 Å². The minimum absolute atomic E-state index is 0.129. The summed E-state index contributed by atoms with van der Waals surface area (Å²) >= 11 is 0. The molecular formula is C21H16N2O. The first kappa shape index (κ1) is 13.5. The van der Waals surface area contributed by atoms with Crippen LogP contribution in [-0.2, 0) is 0 Å². The zero-order chi connectivity index (χ0) is 16.1. The van der Waals surface area contributed by atoms with E-state index in [4.69, 9.17) is 9.40 Å². The molecule has 0 amide bonds. The molecule has 0 radical (unpaired) electrons. The Morgan fingerprint density at radius 1 is 0.958 bits per heavy atom. The molecule has 0 N–H and O–H groups in total. The van der Waals surface area contributed by atoms with Gasteiger partial charge in [0.05, 0.1) is 17.1 Å². The van der Waals surface area contributed by atoms with Crippen molar-refractivity contribution in [2.75, 3.05) is 0 Å². The van der Waals surface area contributed by atoms with Gasteiger partial charge >= 0.3 is 0 Å². The molecule has 2 aromatic carbocycles. The summed E-state index contributed by atoms with van der Waals surface area (Å²) in [6.45, 7) is 1.95. The monoisotopic (exact) mass is 312 g/mol. The molecule has 116 valence electrons. The quantitative estimate of drug-likeness (QED) is 0.483. The Hall–Kier alpha value is -2.94. The van der Waals surface area contributed by atoms with Gasteiger partial charge in [-0.1, -0.05) is 48.6 Å². The Morgan fingerprint density at radius 3 is 2.67 bits per heavy atom. The number of para-hydroxylation sites is 2. The molecule has 0 spiro atoms. The highest BCUT2D eigenvalue weighted by Gasteiger charge is 2.27. The number of rotatable bonds is 1. The maximum Gasteiger partial charge on any atom is 0.134 e. The number of fused-ring (bicyclic) bond motifs is 4. The maximum absolute atomic E-state index is 6.23. The molecule has 0 fully saturated rings. The molecule has 0 saturated heterocycles. The summed E-state index contributed by atoms with van der Waals surface area (Å²) < 4.78 is 6.23. The van der Waals surface area contributed by atoms with Crippen LogP contribution in [0.1, 0.15) is 35.2 Å². The fourth-order valence-corrected chi connectivity index (χ4v) is 3.67. The van der Waals surface area contributed by atoms with Crippen molar-refractivity contribution in [2.45, 2.75) is 19.3 Å². The fraction of sp³-hybridized carbons (Fsp3) is 0.143. The smallest absolute Gasteiger partial charge is 0.134 e. The number of furan rings is 1. The number of aryl methyl sites for hydroxylation is 1. The van der Waals surface area contributed by atoms with Crippen molar-refractivity contribution in [3.8, 4) is 0 Å². The van der Waals surface area contributed by atoms with E-state index in [1.54, 1.807) is 0 Å². The number of nitrogens with zero attached hydrogens (tertiary/aromatic N) is 2. The first-order valence-electron chi connectivity index (χ1n) is 8.22. The minimum Gasteiger partial charge on any atom is -0.460 e. The Bertz CT molecular complexity index is 1110. The van der Waals surface area contributed by atoms with Crippen molar-refractivity contribution in [3.05, 3.63) is 77.4 Å². The van der Waals surface area contributed by atoms with Gasteiger partial charge in [0.15, 0.2) is 0 Å². The van der Waals surface area contributed by atoms with Crippen molar-refractivity contribution in [1.82, 2.24) is 9.97 Å². The van der Waals surface area contributed by atoms with E-state index in [1.807, 2.05) is 37.3 Å².